The summed E-state index contributed by atoms with van der Waals surface area (Å²) in [5.74, 6) is 0.294. The molecule has 0 radical (unpaired) electrons. The van der Waals surface area contributed by atoms with Crippen molar-refractivity contribution < 1.29 is 4.39 Å². The number of rotatable bonds is 1. The molecule has 2 heterocycles. The second-order valence-corrected chi connectivity index (χ2v) is 5.06. The number of nitrogens with zero attached hydrogens (tertiary/aromatic N) is 1. The Hall–Kier alpha value is -1.48. The van der Waals surface area contributed by atoms with E-state index < -0.39 is 0 Å². The molecule has 3 rings (SSSR count). The van der Waals surface area contributed by atoms with Crippen LogP contribution in [-0.4, -0.2) is 18.1 Å². The number of halogens is 1. The summed E-state index contributed by atoms with van der Waals surface area (Å²) in [6, 6.07) is 6.99. The van der Waals surface area contributed by atoms with Gasteiger partial charge in [0.15, 0.2) is 0 Å². The molecule has 1 N–H and O–H groups in total. The average Bonchev–Trinajstić information content (AvgIpc) is 2.39. The van der Waals surface area contributed by atoms with E-state index in [-0.39, 0.29) is 5.82 Å². The smallest absolute Gasteiger partial charge is 0.123 e. The standard InChI is InChI=1S/C15H17FN2/c1-10-7-13(11-3-2-6-17-9-11)14-8-12(16)4-5-15(14)18-10/h4-5,7-8,11,17H,2-3,6,9H2,1H3. The lowest BCUT2D eigenvalue weighted by molar-refractivity contribution is 0.463. The van der Waals surface area contributed by atoms with E-state index in [1.54, 1.807) is 12.1 Å². The second kappa shape index (κ2) is 4.65. The van der Waals surface area contributed by atoms with Gasteiger partial charge in [-0.2, -0.15) is 0 Å². The van der Waals surface area contributed by atoms with E-state index in [0.717, 1.165) is 29.7 Å². The first-order chi connectivity index (χ1) is 8.74. The molecule has 3 heteroatoms. The van der Waals surface area contributed by atoms with E-state index in [4.69, 9.17) is 0 Å². The first kappa shape index (κ1) is 11.6. The minimum Gasteiger partial charge on any atom is -0.316 e. The van der Waals surface area contributed by atoms with Crippen molar-refractivity contribution in [1.82, 2.24) is 10.3 Å². The molecule has 0 saturated carbocycles. The van der Waals surface area contributed by atoms with E-state index in [9.17, 15) is 4.39 Å². The van der Waals surface area contributed by atoms with Crippen molar-refractivity contribution in [2.45, 2.75) is 25.7 Å². The van der Waals surface area contributed by atoms with E-state index in [0.29, 0.717) is 5.92 Å². The van der Waals surface area contributed by atoms with E-state index in [1.165, 1.54) is 24.5 Å². The Bertz CT molecular complexity index is 574. The van der Waals surface area contributed by atoms with Gasteiger partial charge in [0.25, 0.3) is 0 Å². The van der Waals surface area contributed by atoms with Crippen molar-refractivity contribution in [3.05, 3.63) is 41.3 Å². The van der Waals surface area contributed by atoms with Gasteiger partial charge in [-0.1, -0.05) is 0 Å². The molecule has 18 heavy (non-hydrogen) atoms. The second-order valence-electron chi connectivity index (χ2n) is 5.06. The number of nitrogens with one attached hydrogen (secondary N) is 1. The molecule has 1 aromatic carbocycles. The average molecular weight is 244 g/mol. The fourth-order valence-electron chi connectivity index (χ4n) is 2.82. The van der Waals surface area contributed by atoms with E-state index in [2.05, 4.69) is 16.4 Å². The maximum Gasteiger partial charge on any atom is 0.123 e. The lowest BCUT2D eigenvalue weighted by atomic mass is 9.89. The van der Waals surface area contributed by atoms with Crippen LogP contribution in [0, 0.1) is 12.7 Å². The van der Waals surface area contributed by atoms with Crippen molar-refractivity contribution in [2.75, 3.05) is 13.1 Å². The summed E-state index contributed by atoms with van der Waals surface area (Å²) in [6.07, 6.45) is 2.35. The van der Waals surface area contributed by atoms with Crippen molar-refractivity contribution >= 4 is 10.9 Å². The Morgan fingerprint density at radius 1 is 1.33 bits per heavy atom. The zero-order valence-electron chi connectivity index (χ0n) is 10.5. The van der Waals surface area contributed by atoms with Crippen LogP contribution in [0.2, 0.25) is 0 Å². The first-order valence-corrected chi connectivity index (χ1v) is 6.51. The van der Waals surface area contributed by atoms with Crippen LogP contribution in [0.5, 0.6) is 0 Å². The summed E-state index contributed by atoms with van der Waals surface area (Å²) < 4.78 is 13.4. The molecule has 1 aliphatic heterocycles. The highest BCUT2D eigenvalue weighted by Gasteiger charge is 2.18. The number of pyridine rings is 1. The summed E-state index contributed by atoms with van der Waals surface area (Å²) in [4.78, 5) is 4.49. The summed E-state index contributed by atoms with van der Waals surface area (Å²) >= 11 is 0. The third-order valence-electron chi connectivity index (χ3n) is 3.67. The van der Waals surface area contributed by atoms with Gasteiger partial charge in [-0.25, -0.2) is 4.39 Å². The number of aryl methyl sites for hydroxylation is 1. The molecule has 0 bridgehead atoms. The Balaban J connectivity index is 2.16. The van der Waals surface area contributed by atoms with Gasteiger partial charge in [-0.3, -0.25) is 4.98 Å². The third-order valence-corrected chi connectivity index (χ3v) is 3.67. The van der Waals surface area contributed by atoms with Crippen LogP contribution >= 0.6 is 0 Å². The van der Waals surface area contributed by atoms with Crippen molar-refractivity contribution in [3.63, 3.8) is 0 Å². The van der Waals surface area contributed by atoms with Gasteiger partial charge >= 0.3 is 0 Å². The minimum absolute atomic E-state index is 0.182. The van der Waals surface area contributed by atoms with Gasteiger partial charge in [0, 0.05) is 17.6 Å². The number of hydrogen-bond acceptors (Lipinski definition) is 2. The fourth-order valence-corrected chi connectivity index (χ4v) is 2.82. The molecule has 2 aromatic rings. The maximum atomic E-state index is 13.4. The summed E-state index contributed by atoms with van der Waals surface area (Å²) in [5.41, 5.74) is 3.15. The topological polar surface area (TPSA) is 24.9 Å². The van der Waals surface area contributed by atoms with Gasteiger partial charge in [0.1, 0.15) is 5.82 Å². The molecule has 1 aliphatic rings. The number of hydrogen-bond donors (Lipinski definition) is 1. The molecule has 1 atom stereocenters. The van der Waals surface area contributed by atoms with Crippen LogP contribution in [0.4, 0.5) is 4.39 Å². The molecule has 2 nitrogen and oxygen atoms in total. The van der Waals surface area contributed by atoms with Crippen LogP contribution in [0.1, 0.15) is 30.0 Å². The van der Waals surface area contributed by atoms with Crippen LogP contribution in [0.25, 0.3) is 10.9 Å². The number of aromatic nitrogens is 1. The van der Waals surface area contributed by atoms with Crippen LogP contribution in [0.15, 0.2) is 24.3 Å². The molecular weight excluding hydrogens is 227 g/mol. The Kier molecular flexibility index (Phi) is 3.00. The predicted molar refractivity (Wildman–Crippen MR) is 71.3 cm³/mol. The molecule has 1 unspecified atom stereocenters. The Labute approximate surface area is 106 Å². The van der Waals surface area contributed by atoms with E-state index in [1.807, 2.05) is 6.92 Å². The van der Waals surface area contributed by atoms with Crippen molar-refractivity contribution in [2.24, 2.45) is 0 Å². The first-order valence-electron chi connectivity index (χ1n) is 6.51. The largest absolute Gasteiger partial charge is 0.316 e. The van der Waals surface area contributed by atoms with E-state index >= 15 is 0 Å². The number of fused-ring (bicyclic) bond motifs is 1. The lowest BCUT2D eigenvalue weighted by Crippen LogP contribution is -2.28. The number of benzene rings is 1. The highest BCUT2D eigenvalue weighted by atomic mass is 19.1. The molecule has 94 valence electrons. The molecule has 0 aliphatic carbocycles. The Morgan fingerprint density at radius 2 is 2.22 bits per heavy atom. The lowest BCUT2D eigenvalue weighted by Gasteiger charge is -2.24. The van der Waals surface area contributed by atoms with Crippen LogP contribution in [-0.2, 0) is 0 Å². The SMILES string of the molecule is Cc1cc(C2CCCNC2)c2cc(F)ccc2n1. The van der Waals surface area contributed by atoms with Gasteiger partial charge < -0.3 is 5.32 Å². The van der Waals surface area contributed by atoms with Crippen LogP contribution < -0.4 is 5.32 Å². The van der Waals surface area contributed by atoms with Gasteiger partial charge in [0.05, 0.1) is 5.52 Å². The van der Waals surface area contributed by atoms with Gasteiger partial charge in [0.2, 0.25) is 0 Å². The summed E-state index contributed by atoms with van der Waals surface area (Å²) in [7, 11) is 0. The molecule has 0 amide bonds. The van der Waals surface area contributed by atoms with Gasteiger partial charge in [-0.15, -0.1) is 0 Å². The summed E-state index contributed by atoms with van der Waals surface area (Å²) in [6.45, 7) is 4.07. The fraction of sp³-hybridized carbons (Fsp3) is 0.400. The molecule has 1 saturated heterocycles. The van der Waals surface area contributed by atoms with Crippen LogP contribution in [0.3, 0.4) is 0 Å². The third kappa shape index (κ3) is 2.10. The minimum atomic E-state index is -0.182. The molecule has 1 fully saturated rings. The zero-order valence-corrected chi connectivity index (χ0v) is 10.5. The van der Waals surface area contributed by atoms with Crippen molar-refractivity contribution in [3.8, 4) is 0 Å². The predicted octanol–water partition coefficient (Wildman–Crippen LogP) is 3.15. The van der Waals surface area contributed by atoms with Gasteiger partial charge in [-0.05, 0) is 62.1 Å². The van der Waals surface area contributed by atoms with Crippen molar-refractivity contribution in [1.29, 1.82) is 0 Å². The highest BCUT2D eigenvalue weighted by Crippen LogP contribution is 2.30. The number of piperidine rings is 1. The molecule has 1 aromatic heterocycles. The molecule has 0 spiro atoms. The molecular formula is C15H17FN2. The highest BCUT2D eigenvalue weighted by molar-refractivity contribution is 5.83. The zero-order chi connectivity index (χ0) is 12.5. The normalized spacial score (nSPS) is 20.2. The Morgan fingerprint density at radius 3 is 3.00 bits per heavy atom. The summed E-state index contributed by atoms with van der Waals surface area (Å²) in [5, 5.41) is 4.38. The quantitative estimate of drug-likeness (QED) is 0.833. The monoisotopic (exact) mass is 244 g/mol. The maximum absolute atomic E-state index is 13.4.